The van der Waals surface area contributed by atoms with E-state index < -0.39 is 27.0 Å². The van der Waals surface area contributed by atoms with Gasteiger partial charge in [-0.25, -0.2) is 4.79 Å². The molecular weight excluding hydrogens is 334 g/mol. The van der Waals surface area contributed by atoms with Gasteiger partial charge in [0.15, 0.2) is 0 Å². The molecule has 1 spiro atoms. The first kappa shape index (κ1) is 16.9. The average molecular weight is 355 g/mol. The fourth-order valence-electron chi connectivity index (χ4n) is 3.15. The number of benzene rings is 1. The van der Waals surface area contributed by atoms with Crippen LogP contribution in [0.15, 0.2) is 23.2 Å². The lowest BCUT2D eigenvalue weighted by molar-refractivity contribution is 0.202. The van der Waals surface area contributed by atoms with Gasteiger partial charge in [-0.2, -0.15) is 15.6 Å². The summed E-state index contributed by atoms with van der Waals surface area (Å²) in [5, 5.41) is 12.2. The molecule has 1 aromatic rings. The summed E-state index contributed by atoms with van der Waals surface area (Å²) in [6.07, 6.45) is -0.952. The predicted molar refractivity (Wildman–Crippen MR) is 93.0 cm³/mol. The van der Waals surface area contributed by atoms with Crippen LogP contribution in [0.3, 0.4) is 0 Å². The summed E-state index contributed by atoms with van der Waals surface area (Å²) >= 11 is 0. The Bertz CT molecular complexity index is 734. The highest BCUT2D eigenvalue weighted by atomic mass is 32.3. The van der Waals surface area contributed by atoms with Gasteiger partial charge >= 0.3 is 6.09 Å². The molecule has 24 heavy (non-hydrogen) atoms. The van der Waals surface area contributed by atoms with E-state index >= 15 is 0 Å². The SMILES string of the molecule is CC1(C)/C(=N\C(=O)O)NC2(CCOc3ccc(N)cc32)CS1(O)O. The molecule has 1 atom stereocenters. The number of carboxylic acid groups (broad SMARTS) is 1. The van der Waals surface area contributed by atoms with Gasteiger partial charge in [0.1, 0.15) is 16.3 Å². The number of rotatable bonds is 0. The van der Waals surface area contributed by atoms with E-state index in [4.69, 9.17) is 15.6 Å². The molecule has 2 heterocycles. The highest BCUT2D eigenvalue weighted by molar-refractivity contribution is 8.26. The van der Waals surface area contributed by atoms with Crippen LogP contribution < -0.4 is 15.8 Å². The number of amides is 1. The summed E-state index contributed by atoms with van der Waals surface area (Å²) in [5.41, 5.74) is 6.19. The number of hydrogen-bond acceptors (Lipinski definition) is 5. The van der Waals surface area contributed by atoms with Crippen LogP contribution in [0.2, 0.25) is 0 Å². The summed E-state index contributed by atoms with van der Waals surface area (Å²) in [7, 11) is -3.17. The smallest absolute Gasteiger partial charge is 0.432 e. The zero-order valence-electron chi connectivity index (χ0n) is 13.4. The molecule has 9 heteroatoms. The standard InChI is InChI=1S/C15H21N3O5S/c1-14(2)12(17-13(19)20)18-15(8-24(14,21)22)5-6-23-11-4-3-9(16)7-10(11)15/h3-4,7,21-22H,5-6,8,16H2,1-2H3,(H,17,18)(H,19,20). The molecule has 0 radical (unpaired) electrons. The number of nitrogens with zero attached hydrogens (tertiary/aromatic N) is 1. The Balaban J connectivity index is 2.17. The second-order valence-corrected chi connectivity index (χ2v) is 9.27. The summed E-state index contributed by atoms with van der Waals surface area (Å²) in [6, 6.07) is 5.15. The number of anilines is 1. The minimum absolute atomic E-state index is 0.0332. The lowest BCUT2D eigenvalue weighted by atomic mass is 9.84. The van der Waals surface area contributed by atoms with E-state index in [0.29, 0.717) is 30.0 Å². The Labute approximate surface area is 141 Å². The Kier molecular flexibility index (Phi) is 3.70. The van der Waals surface area contributed by atoms with Crippen LogP contribution in [-0.2, 0) is 5.54 Å². The first-order chi connectivity index (χ1) is 11.1. The Morgan fingerprint density at radius 3 is 2.79 bits per heavy atom. The molecule has 0 bridgehead atoms. The number of aliphatic imine (C=N–C) groups is 1. The van der Waals surface area contributed by atoms with Gasteiger partial charge in [0.2, 0.25) is 0 Å². The first-order valence-electron chi connectivity index (χ1n) is 7.46. The van der Waals surface area contributed by atoms with Gasteiger partial charge in [-0.1, -0.05) is 0 Å². The third-order valence-corrected chi connectivity index (χ3v) is 7.43. The van der Waals surface area contributed by atoms with Crippen molar-refractivity contribution in [3.8, 4) is 5.75 Å². The minimum atomic E-state index is -3.17. The summed E-state index contributed by atoms with van der Waals surface area (Å²) < 4.78 is 25.9. The van der Waals surface area contributed by atoms with Crippen molar-refractivity contribution in [2.75, 3.05) is 18.1 Å². The molecule has 6 N–H and O–H groups in total. The molecule has 3 rings (SSSR count). The van der Waals surface area contributed by atoms with Crippen molar-refractivity contribution >= 4 is 28.2 Å². The van der Waals surface area contributed by atoms with Crippen LogP contribution in [0.1, 0.15) is 25.8 Å². The van der Waals surface area contributed by atoms with Crippen LogP contribution in [0.5, 0.6) is 5.75 Å². The van der Waals surface area contributed by atoms with E-state index in [9.17, 15) is 13.9 Å². The largest absolute Gasteiger partial charge is 0.493 e. The second kappa shape index (κ2) is 5.27. The van der Waals surface area contributed by atoms with E-state index in [-0.39, 0.29) is 11.6 Å². The van der Waals surface area contributed by atoms with Crippen molar-refractivity contribution < 1.29 is 23.7 Å². The molecule has 132 valence electrons. The molecule has 1 saturated heterocycles. The van der Waals surface area contributed by atoms with Crippen LogP contribution in [0.25, 0.3) is 0 Å². The molecule has 8 nitrogen and oxygen atoms in total. The number of ether oxygens (including phenoxy) is 1. The topological polar surface area (TPSA) is 137 Å². The first-order valence-corrected chi connectivity index (χ1v) is 9.18. The van der Waals surface area contributed by atoms with Gasteiger partial charge in [-0.3, -0.25) is 9.11 Å². The summed E-state index contributed by atoms with van der Waals surface area (Å²) in [6.45, 7) is 3.51. The minimum Gasteiger partial charge on any atom is -0.493 e. The molecule has 1 aromatic carbocycles. The van der Waals surface area contributed by atoms with Crippen molar-refractivity contribution in [1.29, 1.82) is 0 Å². The van der Waals surface area contributed by atoms with Crippen LogP contribution in [0, 0.1) is 0 Å². The molecule has 1 fully saturated rings. The van der Waals surface area contributed by atoms with Crippen LogP contribution in [0.4, 0.5) is 10.5 Å². The average Bonchev–Trinajstić information content (AvgIpc) is 2.45. The molecule has 2 aliphatic rings. The van der Waals surface area contributed by atoms with Gasteiger partial charge in [-0.15, -0.1) is 0 Å². The normalized spacial score (nSPS) is 30.1. The highest BCUT2D eigenvalue weighted by Crippen LogP contribution is 2.60. The third-order valence-electron chi connectivity index (χ3n) is 4.71. The van der Waals surface area contributed by atoms with E-state index in [1.807, 2.05) is 0 Å². The quantitative estimate of drug-likeness (QED) is 0.451. The Hall–Kier alpha value is -1.97. The van der Waals surface area contributed by atoms with Crippen LogP contribution in [-0.4, -0.2) is 43.2 Å². The number of carbonyl (C=O) groups is 1. The number of hydrogen-bond donors (Lipinski definition) is 5. The second-order valence-electron chi connectivity index (χ2n) is 6.63. The van der Waals surface area contributed by atoms with E-state index in [2.05, 4.69) is 10.3 Å². The van der Waals surface area contributed by atoms with Crippen molar-refractivity contribution in [3.63, 3.8) is 0 Å². The fraction of sp³-hybridized carbons (Fsp3) is 0.467. The maximum Gasteiger partial charge on any atom is 0.432 e. The van der Waals surface area contributed by atoms with E-state index in [1.54, 1.807) is 32.0 Å². The number of fused-ring (bicyclic) bond motifs is 2. The molecule has 0 saturated carbocycles. The predicted octanol–water partition coefficient (Wildman–Crippen LogP) is 2.46. The van der Waals surface area contributed by atoms with Crippen molar-refractivity contribution in [3.05, 3.63) is 23.8 Å². The molecule has 2 aliphatic heterocycles. The number of nitrogens with two attached hydrogens (primary N) is 1. The monoisotopic (exact) mass is 355 g/mol. The van der Waals surface area contributed by atoms with Gasteiger partial charge in [0.05, 0.1) is 17.9 Å². The maximum absolute atomic E-state index is 11.1. The fourth-order valence-corrected chi connectivity index (χ4v) is 4.97. The molecular formula is C15H21N3O5S. The molecule has 0 aromatic heterocycles. The molecule has 1 unspecified atom stereocenters. The Morgan fingerprint density at radius 1 is 1.42 bits per heavy atom. The molecule has 0 aliphatic carbocycles. The zero-order chi connectivity index (χ0) is 17.8. The van der Waals surface area contributed by atoms with E-state index in [0.717, 1.165) is 0 Å². The van der Waals surface area contributed by atoms with Gasteiger partial charge in [0, 0.05) is 17.7 Å². The van der Waals surface area contributed by atoms with Crippen LogP contribution >= 0.6 is 10.6 Å². The lowest BCUT2D eigenvalue weighted by Gasteiger charge is -2.58. The van der Waals surface area contributed by atoms with E-state index in [1.165, 1.54) is 0 Å². The maximum atomic E-state index is 11.1. The third kappa shape index (κ3) is 2.48. The zero-order valence-corrected chi connectivity index (χ0v) is 14.3. The van der Waals surface area contributed by atoms with Crippen molar-refractivity contribution in [2.45, 2.75) is 30.6 Å². The summed E-state index contributed by atoms with van der Waals surface area (Å²) in [5.74, 6) is 0.662. The van der Waals surface area contributed by atoms with Crippen molar-refractivity contribution in [2.24, 2.45) is 4.99 Å². The van der Waals surface area contributed by atoms with Gasteiger partial charge < -0.3 is 20.9 Å². The molecule has 1 amide bonds. The number of amidine groups is 1. The van der Waals surface area contributed by atoms with Gasteiger partial charge in [0.25, 0.3) is 0 Å². The Morgan fingerprint density at radius 2 is 2.12 bits per heavy atom. The highest BCUT2D eigenvalue weighted by Gasteiger charge is 2.54. The number of nitrogens with one attached hydrogen (secondary N) is 1. The number of nitrogen functional groups attached to an aromatic ring is 1. The van der Waals surface area contributed by atoms with Crippen molar-refractivity contribution in [1.82, 2.24) is 5.32 Å². The summed E-state index contributed by atoms with van der Waals surface area (Å²) in [4.78, 5) is 14.7. The lowest BCUT2D eigenvalue weighted by Crippen LogP contribution is -2.64. The van der Waals surface area contributed by atoms with Gasteiger partial charge in [-0.05, 0) is 32.0 Å².